The monoisotopic (exact) mass is 471 g/mol. The minimum absolute atomic E-state index is 0.0602. The molecule has 9 nitrogen and oxygen atoms in total. The van der Waals surface area contributed by atoms with Crippen LogP contribution in [0.15, 0.2) is 65.2 Å². The summed E-state index contributed by atoms with van der Waals surface area (Å²) >= 11 is 0. The SMILES string of the molecule is FC(F)(F)Oc1ccc(Nc2nnc(-c3cccnc3NCc3ccc4c(c3)OCO4)o2)cc1. The highest BCUT2D eigenvalue weighted by Gasteiger charge is 2.31. The van der Waals surface area contributed by atoms with E-state index in [1.54, 1.807) is 18.3 Å². The molecule has 4 aromatic rings. The van der Waals surface area contributed by atoms with Crippen molar-refractivity contribution >= 4 is 17.5 Å². The van der Waals surface area contributed by atoms with E-state index in [2.05, 4.69) is 30.6 Å². The van der Waals surface area contributed by atoms with Crippen LogP contribution >= 0.6 is 0 Å². The van der Waals surface area contributed by atoms with Crippen LogP contribution in [-0.4, -0.2) is 28.3 Å². The van der Waals surface area contributed by atoms with Crippen LogP contribution in [0.5, 0.6) is 17.2 Å². The van der Waals surface area contributed by atoms with Crippen molar-refractivity contribution in [3.05, 3.63) is 66.4 Å². The molecule has 1 aliphatic heterocycles. The molecule has 0 fully saturated rings. The summed E-state index contributed by atoms with van der Waals surface area (Å²) in [5.41, 5.74) is 1.99. The molecule has 5 rings (SSSR count). The van der Waals surface area contributed by atoms with Crippen LogP contribution in [0.2, 0.25) is 0 Å². The Kier molecular flexibility index (Phi) is 5.54. The molecule has 12 heteroatoms. The number of alkyl halides is 3. The topological polar surface area (TPSA) is 104 Å². The second kappa shape index (κ2) is 8.81. The number of pyridine rings is 1. The predicted octanol–water partition coefficient (Wildman–Crippen LogP) is 5.11. The van der Waals surface area contributed by atoms with E-state index in [1.807, 2.05) is 18.2 Å². The third-order valence-corrected chi connectivity index (χ3v) is 4.70. The van der Waals surface area contributed by atoms with Gasteiger partial charge in [0.2, 0.25) is 6.79 Å². The van der Waals surface area contributed by atoms with Gasteiger partial charge in [0.1, 0.15) is 11.6 Å². The Morgan fingerprint density at radius 3 is 2.62 bits per heavy atom. The van der Waals surface area contributed by atoms with Gasteiger partial charge in [0.05, 0.1) is 5.56 Å². The van der Waals surface area contributed by atoms with Crippen molar-refractivity contribution in [2.24, 2.45) is 0 Å². The van der Waals surface area contributed by atoms with Crippen LogP contribution in [-0.2, 0) is 6.54 Å². The van der Waals surface area contributed by atoms with Gasteiger partial charge in [-0.15, -0.1) is 18.3 Å². The van der Waals surface area contributed by atoms with Gasteiger partial charge in [0, 0.05) is 18.4 Å². The third kappa shape index (κ3) is 4.95. The lowest BCUT2D eigenvalue weighted by Gasteiger charge is -2.09. The quantitative estimate of drug-likeness (QED) is 0.380. The number of halogens is 3. The normalized spacial score (nSPS) is 12.4. The molecule has 0 saturated carbocycles. The summed E-state index contributed by atoms with van der Waals surface area (Å²) in [7, 11) is 0. The highest BCUT2D eigenvalue weighted by molar-refractivity contribution is 5.69. The Hall–Kier alpha value is -4.48. The molecule has 0 aliphatic carbocycles. The molecule has 0 atom stereocenters. The van der Waals surface area contributed by atoms with Gasteiger partial charge in [-0.3, -0.25) is 0 Å². The molecule has 0 radical (unpaired) electrons. The maximum atomic E-state index is 12.3. The van der Waals surface area contributed by atoms with Crippen LogP contribution < -0.4 is 24.8 Å². The Morgan fingerprint density at radius 1 is 0.971 bits per heavy atom. The van der Waals surface area contributed by atoms with E-state index in [0.29, 0.717) is 35.1 Å². The average Bonchev–Trinajstić information content (AvgIpc) is 3.47. The minimum Gasteiger partial charge on any atom is -0.454 e. The van der Waals surface area contributed by atoms with E-state index in [1.165, 1.54) is 24.3 Å². The lowest BCUT2D eigenvalue weighted by atomic mass is 10.2. The molecule has 34 heavy (non-hydrogen) atoms. The molecule has 0 saturated heterocycles. The number of hydrogen-bond acceptors (Lipinski definition) is 9. The first-order valence-corrected chi connectivity index (χ1v) is 9.97. The van der Waals surface area contributed by atoms with Gasteiger partial charge in [0.25, 0.3) is 5.89 Å². The Balaban J connectivity index is 1.27. The Morgan fingerprint density at radius 2 is 1.79 bits per heavy atom. The molecular formula is C22H16F3N5O4. The second-order valence-electron chi connectivity index (χ2n) is 7.05. The first-order chi connectivity index (χ1) is 16.4. The molecule has 1 aliphatic rings. The largest absolute Gasteiger partial charge is 0.573 e. The first kappa shape index (κ1) is 21.4. The number of fused-ring (bicyclic) bond motifs is 1. The van der Waals surface area contributed by atoms with Crippen molar-refractivity contribution in [3.8, 4) is 28.7 Å². The Bertz CT molecular complexity index is 1290. The van der Waals surface area contributed by atoms with E-state index in [0.717, 1.165) is 5.56 Å². The smallest absolute Gasteiger partial charge is 0.454 e. The van der Waals surface area contributed by atoms with Gasteiger partial charge < -0.3 is 29.3 Å². The first-order valence-electron chi connectivity index (χ1n) is 9.97. The minimum atomic E-state index is -4.76. The predicted molar refractivity (Wildman–Crippen MR) is 114 cm³/mol. The van der Waals surface area contributed by atoms with Gasteiger partial charge >= 0.3 is 12.4 Å². The van der Waals surface area contributed by atoms with Crippen molar-refractivity contribution in [1.29, 1.82) is 0 Å². The maximum Gasteiger partial charge on any atom is 0.573 e. The molecule has 3 heterocycles. The number of anilines is 3. The standard InChI is InChI=1S/C22H16F3N5O4/c23-22(24,25)34-15-6-4-14(5-7-15)28-21-30-29-20(33-21)16-2-1-9-26-19(16)27-11-13-3-8-17-18(10-13)32-12-31-17/h1-10H,11-12H2,(H,26,27)(H,28,30). The van der Waals surface area contributed by atoms with Gasteiger partial charge in [0.15, 0.2) is 11.5 Å². The van der Waals surface area contributed by atoms with E-state index < -0.39 is 6.36 Å². The zero-order valence-corrected chi connectivity index (χ0v) is 17.3. The molecule has 0 amide bonds. The summed E-state index contributed by atoms with van der Waals surface area (Å²) in [6.07, 6.45) is -3.12. The van der Waals surface area contributed by atoms with E-state index in [4.69, 9.17) is 13.9 Å². The van der Waals surface area contributed by atoms with Crippen LogP contribution in [0.1, 0.15) is 5.56 Å². The highest BCUT2D eigenvalue weighted by Crippen LogP contribution is 2.33. The summed E-state index contributed by atoms with van der Waals surface area (Å²) in [5, 5.41) is 14.1. The molecule has 2 N–H and O–H groups in total. The molecule has 2 aromatic heterocycles. The summed E-state index contributed by atoms with van der Waals surface area (Å²) in [6.45, 7) is 0.669. The fourth-order valence-corrected chi connectivity index (χ4v) is 3.20. The number of nitrogens with zero attached hydrogens (tertiary/aromatic N) is 3. The zero-order chi connectivity index (χ0) is 23.5. The van der Waals surface area contributed by atoms with E-state index in [9.17, 15) is 13.2 Å². The molecule has 2 aromatic carbocycles. The molecule has 0 bridgehead atoms. The van der Waals surface area contributed by atoms with Crippen LogP contribution in [0, 0.1) is 0 Å². The Labute approximate surface area is 190 Å². The number of hydrogen-bond donors (Lipinski definition) is 2. The van der Waals surface area contributed by atoms with Gasteiger partial charge in [-0.05, 0) is 54.1 Å². The lowest BCUT2D eigenvalue weighted by molar-refractivity contribution is -0.274. The summed E-state index contributed by atoms with van der Waals surface area (Å²) in [4.78, 5) is 4.35. The fourth-order valence-electron chi connectivity index (χ4n) is 3.20. The zero-order valence-electron chi connectivity index (χ0n) is 17.3. The summed E-state index contributed by atoms with van der Waals surface area (Å²) < 4.78 is 57.1. The average molecular weight is 471 g/mol. The molecule has 174 valence electrons. The number of benzene rings is 2. The van der Waals surface area contributed by atoms with E-state index in [-0.39, 0.29) is 24.4 Å². The number of ether oxygens (including phenoxy) is 3. The van der Waals surface area contributed by atoms with Crippen LogP contribution in [0.3, 0.4) is 0 Å². The molecular weight excluding hydrogens is 455 g/mol. The number of rotatable bonds is 7. The fraction of sp³-hybridized carbons (Fsp3) is 0.136. The number of nitrogens with one attached hydrogen (secondary N) is 2. The van der Waals surface area contributed by atoms with Gasteiger partial charge in [-0.25, -0.2) is 4.98 Å². The van der Waals surface area contributed by atoms with Crippen molar-refractivity contribution in [2.45, 2.75) is 12.9 Å². The maximum absolute atomic E-state index is 12.3. The van der Waals surface area contributed by atoms with E-state index >= 15 is 0 Å². The van der Waals surface area contributed by atoms with Crippen LogP contribution in [0.4, 0.5) is 30.7 Å². The highest BCUT2D eigenvalue weighted by atomic mass is 19.4. The van der Waals surface area contributed by atoms with Crippen molar-refractivity contribution in [1.82, 2.24) is 15.2 Å². The van der Waals surface area contributed by atoms with Crippen molar-refractivity contribution in [3.63, 3.8) is 0 Å². The van der Waals surface area contributed by atoms with Crippen molar-refractivity contribution < 1.29 is 31.8 Å². The second-order valence-corrected chi connectivity index (χ2v) is 7.05. The lowest BCUT2D eigenvalue weighted by Crippen LogP contribution is -2.16. The van der Waals surface area contributed by atoms with Crippen LogP contribution in [0.25, 0.3) is 11.5 Å². The molecule has 0 spiro atoms. The van der Waals surface area contributed by atoms with Gasteiger partial charge in [-0.2, -0.15) is 0 Å². The third-order valence-electron chi connectivity index (χ3n) is 4.70. The van der Waals surface area contributed by atoms with Crippen molar-refractivity contribution in [2.75, 3.05) is 17.4 Å². The number of aromatic nitrogens is 3. The van der Waals surface area contributed by atoms with Gasteiger partial charge in [-0.1, -0.05) is 11.2 Å². The molecule has 0 unspecified atom stereocenters. The summed E-state index contributed by atoms with van der Waals surface area (Å²) in [6, 6.07) is 14.4. The summed E-state index contributed by atoms with van der Waals surface area (Å²) in [5.74, 6) is 1.80.